The van der Waals surface area contributed by atoms with E-state index in [1.54, 1.807) is 0 Å². The molecule has 0 radical (unpaired) electrons. The maximum absolute atomic E-state index is 11.6. The predicted molar refractivity (Wildman–Crippen MR) is 90.3 cm³/mol. The van der Waals surface area contributed by atoms with Gasteiger partial charge >= 0.3 is 5.97 Å². The predicted octanol–water partition coefficient (Wildman–Crippen LogP) is 4.74. The summed E-state index contributed by atoms with van der Waals surface area (Å²) in [7, 11) is 0. The van der Waals surface area contributed by atoms with Crippen molar-refractivity contribution in [1.82, 2.24) is 0 Å². The van der Waals surface area contributed by atoms with Gasteiger partial charge in [0.25, 0.3) is 0 Å². The van der Waals surface area contributed by atoms with E-state index in [4.69, 9.17) is 0 Å². The Kier molecular flexibility index (Phi) is 5.69. The van der Waals surface area contributed by atoms with E-state index < -0.39 is 5.97 Å². The van der Waals surface area contributed by atoms with Gasteiger partial charge in [0.05, 0.1) is 0 Å². The Morgan fingerprint density at radius 3 is 2.61 bits per heavy atom. The quantitative estimate of drug-likeness (QED) is 0.523. The number of carboxylic acids is 1. The molecule has 1 aliphatic carbocycles. The summed E-state index contributed by atoms with van der Waals surface area (Å²) in [6.45, 7) is 4.16. The molecular formula is C19H26O4. The summed E-state index contributed by atoms with van der Waals surface area (Å²) in [5.74, 6) is -1.44. The van der Waals surface area contributed by atoms with Crippen molar-refractivity contribution < 1.29 is 20.1 Å². The first-order valence-corrected chi connectivity index (χ1v) is 8.44. The second kappa shape index (κ2) is 7.53. The van der Waals surface area contributed by atoms with E-state index in [1.807, 2.05) is 0 Å². The highest BCUT2D eigenvalue weighted by molar-refractivity contribution is 5.93. The van der Waals surface area contributed by atoms with Gasteiger partial charge < -0.3 is 15.3 Å². The van der Waals surface area contributed by atoms with Crippen molar-refractivity contribution in [3.63, 3.8) is 0 Å². The average Bonchev–Trinajstić information content (AvgIpc) is 2.46. The number of rotatable bonds is 6. The number of carboxylic acid groups (broad SMARTS) is 1. The summed E-state index contributed by atoms with van der Waals surface area (Å²) in [6.07, 6.45) is 8.55. The zero-order valence-corrected chi connectivity index (χ0v) is 13.9. The molecule has 23 heavy (non-hydrogen) atoms. The molecule has 0 unspecified atom stereocenters. The Labute approximate surface area is 137 Å². The van der Waals surface area contributed by atoms with Crippen LogP contribution in [-0.2, 0) is 6.42 Å². The first kappa shape index (κ1) is 17.4. The molecule has 4 nitrogen and oxygen atoms in total. The molecule has 0 aliphatic heterocycles. The number of hydrogen-bond acceptors (Lipinski definition) is 3. The third-order valence-corrected chi connectivity index (χ3v) is 4.62. The van der Waals surface area contributed by atoms with Gasteiger partial charge in [-0.25, -0.2) is 4.79 Å². The van der Waals surface area contributed by atoms with Gasteiger partial charge in [-0.15, -0.1) is 0 Å². The van der Waals surface area contributed by atoms with Crippen LogP contribution in [0.3, 0.4) is 0 Å². The minimum absolute atomic E-state index is 0.00921. The molecule has 0 amide bonds. The molecule has 2 rings (SSSR count). The van der Waals surface area contributed by atoms with Crippen molar-refractivity contribution in [3.8, 4) is 11.5 Å². The highest BCUT2D eigenvalue weighted by atomic mass is 16.4. The topological polar surface area (TPSA) is 77.8 Å². The van der Waals surface area contributed by atoms with Crippen LogP contribution in [0.4, 0.5) is 0 Å². The average molecular weight is 318 g/mol. The molecule has 1 atom stereocenters. The highest BCUT2D eigenvalue weighted by Crippen LogP contribution is 2.42. The summed E-state index contributed by atoms with van der Waals surface area (Å²) >= 11 is 0. The van der Waals surface area contributed by atoms with Gasteiger partial charge in [-0.3, -0.25) is 0 Å². The number of phenolic OH excluding ortho intramolecular Hbond substituents is 1. The van der Waals surface area contributed by atoms with Crippen molar-refractivity contribution in [2.75, 3.05) is 0 Å². The number of aromatic carboxylic acids is 1. The van der Waals surface area contributed by atoms with Crippen molar-refractivity contribution >= 4 is 5.97 Å². The van der Waals surface area contributed by atoms with E-state index >= 15 is 0 Å². The molecule has 0 fully saturated rings. The molecule has 1 aliphatic rings. The molecule has 1 aromatic carbocycles. The number of hydrogen-bond donors (Lipinski definition) is 3. The normalized spacial score (nSPS) is 17.8. The summed E-state index contributed by atoms with van der Waals surface area (Å²) in [4.78, 5) is 11.6. The van der Waals surface area contributed by atoms with Gasteiger partial charge in [-0.2, -0.15) is 0 Å². The zero-order chi connectivity index (χ0) is 17.0. The summed E-state index contributed by atoms with van der Waals surface area (Å²) < 4.78 is 0. The fourth-order valence-electron chi connectivity index (χ4n) is 3.53. The largest absolute Gasteiger partial charge is 0.507 e. The van der Waals surface area contributed by atoms with Crippen molar-refractivity contribution in [2.45, 2.75) is 64.7 Å². The van der Waals surface area contributed by atoms with Crippen LogP contribution in [0.1, 0.15) is 79.8 Å². The minimum Gasteiger partial charge on any atom is -0.507 e. The van der Waals surface area contributed by atoms with Crippen LogP contribution in [0.2, 0.25) is 0 Å². The number of unbranched alkanes of at least 4 members (excludes halogenated alkanes) is 2. The Hall–Kier alpha value is -1.97. The molecule has 0 spiro atoms. The third-order valence-electron chi connectivity index (χ3n) is 4.62. The molecule has 0 saturated carbocycles. The van der Waals surface area contributed by atoms with Crippen LogP contribution in [0, 0.1) is 0 Å². The smallest absolute Gasteiger partial charge is 0.339 e. The minimum atomic E-state index is -1.13. The first-order valence-electron chi connectivity index (χ1n) is 8.44. The van der Waals surface area contributed by atoms with Crippen molar-refractivity contribution in [2.24, 2.45) is 0 Å². The van der Waals surface area contributed by atoms with Crippen molar-refractivity contribution in [3.05, 3.63) is 34.4 Å². The lowest BCUT2D eigenvalue weighted by molar-refractivity contribution is 0.0692. The van der Waals surface area contributed by atoms with Crippen LogP contribution in [-0.4, -0.2) is 21.3 Å². The molecule has 0 saturated heterocycles. The molecule has 0 heterocycles. The fraction of sp³-hybridized carbons (Fsp3) is 0.526. The lowest BCUT2D eigenvalue weighted by atomic mass is 9.80. The van der Waals surface area contributed by atoms with Gasteiger partial charge in [-0.1, -0.05) is 31.4 Å². The second-order valence-electron chi connectivity index (χ2n) is 6.46. The molecular weight excluding hydrogens is 292 g/mol. The highest BCUT2D eigenvalue weighted by Gasteiger charge is 2.27. The van der Waals surface area contributed by atoms with E-state index in [0.29, 0.717) is 17.5 Å². The lowest BCUT2D eigenvalue weighted by Crippen LogP contribution is -2.11. The van der Waals surface area contributed by atoms with Gasteiger partial charge in [-0.05, 0) is 44.6 Å². The number of carbonyl (C=O) groups is 1. The van der Waals surface area contributed by atoms with Crippen LogP contribution in [0.15, 0.2) is 17.7 Å². The monoisotopic (exact) mass is 318 g/mol. The Morgan fingerprint density at radius 2 is 2.00 bits per heavy atom. The molecule has 126 valence electrons. The Balaban J connectivity index is 2.56. The molecule has 3 N–H and O–H groups in total. The lowest BCUT2D eigenvalue weighted by Gasteiger charge is -2.25. The fourth-order valence-corrected chi connectivity index (χ4v) is 3.53. The van der Waals surface area contributed by atoms with E-state index in [-0.39, 0.29) is 23.0 Å². The Bertz CT molecular complexity index is 616. The van der Waals surface area contributed by atoms with Gasteiger partial charge in [0.15, 0.2) is 0 Å². The zero-order valence-electron chi connectivity index (χ0n) is 13.9. The van der Waals surface area contributed by atoms with E-state index in [2.05, 4.69) is 19.9 Å². The van der Waals surface area contributed by atoms with Crippen LogP contribution >= 0.6 is 0 Å². The number of phenols is 2. The van der Waals surface area contributed by atoms with Gasteiger partial charge in [0.2, 0.25) is 0 Å². The summed E-state index contributed by atoms with van der Waals surface area (Å²) in [5.41, 5.74) is 2.50. The third kappa shape index (κ3) is 3.87. The second-order valence-corrected chi connectivity index (χ2v) is 6.46. The molecule has 1 aromatic rings. The maximum Gasteiger partial charge on any atom is 0.339 e. The van der Waals surface area contributed by atoms with Crippen molar-refractivity contribution in [1.29, 1.82) is 0 Å². The molecule has 0 bridgehead atoms. The van der Waals surface area contributed by atoms with Gasteiger partial charge in [0, 0.05) is 17.5 Å². The summed E-state index contributed by atoms with van der Waals surface area (Å²) in [5, 5.41) is 29.9. The number of allylic oxidation sites excluding steroid dienone is 2. The van der Waals surface area contributed by atoms with Gasteiger partial charge in [0.1, 0.15) is 17.1 Å². The first-order chi connectivity index (χ1) is 11.0. The standard InChI is InChI=1S/C19H26O4/c1-3-4-5-9-14-17(13-8-6-7-12(2)10-13)15(20)11-16(21)18(14)19(22)23/h10-11,13,20-21H,3-9H2,1-2H3,(H,22,23)/t13-/m1/s1. The molecule has 0 aromatic heterocycles. The maximum atomic E-state index is 11.6. The number of aromatic hydroxyl groups is 2. The van der Waals surface area contributed by atoms with E-state index in [9.17, 15) is 20.1 Å². The van der Waals surface area contributed by atoms with Crippen LogP contribution < -0.4 is 0 Å². The van der Waals surface area contributed by atoms with Crippen LogP contribution in [0.5, 0.6) is 11.5 Å². The molecule has 4 heteroatoms. The summed E-state index contributed by atoms with van der Waals surface area (Å²) in [6, 6.07) is 1.18. The Morgan fingerprint density at radius 1 is 1.26 bits per heavy atom. The van der Waals surface area contributed by atoms with Crippen LogP contribution in [0.25, 0.3) is 0 Å². The van der Waals surface area contributed by atoms with E-state index in [0.717, 1.165) is 38.5 Å². The van der Waals surface area contributed by atoms with E-state index in [1.165, 1.54) is 11.6 Å². The SMILES string of the molecule is CCCCCc1c(C(=O)O)c(O)cc(O)c1[C@H]1C=C(C)CCC1. The number of benzene rings is 1.